The van der Waals surface area contributed by atoms with Gasteiger partial charge < -0.3 is 14.2 Å². The van der Waals surface area contributed by atoms with Crippen LogP contribution >= 0.6 is 0 Å². The molecule has 8 nitrogen and oxygen atoms in total. The quantitative estimate of drug-likeness (QED) is 0.441. The van der Waals surface area contributed by atoms with Crippen LogP contribution in [0.4, 0.5) is 9.59 Å². The number of ether oxygens (including phenoxy) is 3. The molecule has 0 spiro atoms. The molecule has 1 aliphatic rings. The minimum absolute atomic E-state index is 0.120. The maximum absolute atomic E-state index is 11.9. The number of hydrogen-bond acceptors (Lipinski definition) is 6. The van der Waals surface area contributed by atoms with Crippen LogP contribution in [-0.2, 0) is 19.0 Å². The molecule has 1 unspecified atom stereocenters. The van der Waals surface area contributed by atoms with Crippen LogP contribution in [0.15, 0.2) is 12.2 Å². The number of amides is 2. The van der Waals surface area contributed by atoms with Crippen LogP contribution in [0, 0.1) is 0 Å². The minimum atomic E-state index is -1.04. The van der Waals surface area contributed by atoms with Gasteiger partial charge in [-0.3, -0.25) is 4.79 Å². The Bertz CT molecular complexity index is 409. The third-order valence-corrected chi connectivity index (χ3v) is 2.30. The first kappa shape index (κ1) is 15.8. The molecule has 0 aliphatic carbocycles. The highest BCUT2D eigenvalue weighted by Crippen LogP contribution is 2.17. The van der Waals surface area contributed by atoms with Crippen molar-refractivity contribution in [2.24, 2.45) is 0 Å². The molecular weight excluding hydrogens is 268 g/mol. The summed E-state index contributed by atoms with van der Waals surface area (Å²) in [6.45, 7) is 4.90. The summed E-state index contributed by atoms with van der Waals surface area (Å²) in [6.07, 6.45) is 0.539. The maximum Gasteiger partial charge on any atom is 0.432 e. The van der Waals surface area contributed by atoms with E-state index in [9.17, 15) is 14.4 Å². The monoisotopic (exact) mass is 286 g/mol. The Hall–Kier alpha value is -2.25. The van der Waals surface area contributed by atoms with Gasteiger partial charge in [0.05, 0.1) is 19.8 Å². The molecule has 0 fully saturated rings. The van der Waals surface area contributed by atoms with Gasteiger partial charge in [0.25, 0.3) is 0 Å². The highest BCUT2D eigenvalue weighted by Gasteiger charge is 2.37. The van der Waals surface area contributed by atoms with Crippen LogP contribution < -0.4 is 0 Å². The number of carbonyl (C=O) groups excluding carboxylic acids is 3. The van der Waals surface area contributed by atoms with E-state index in [1.807, 2.05) is 0 Å². The van der Waals surface area contributed by atoms with Crippen LogP contribution in [0.2, 0.25) is 0 Å². The first-order chi connectivity index (χ1) is 9.51. The van der Waals surface area contributed by atoms with Crippen LogP contribution in [-0.4, -0.2) is 54.2 Å². The molecule has 2 amide bonds. The third-order valence-electron chi connectivity index (χ3n) is 2.30. The Labute approximate surface area is 116 Å². The van der Waals surface area contributed by atoms with Crippen molar-refractivity contribution in [1.82, 2.24) is 10.0 Å². The van der Waals surface area contributed by atoms with E-state index in [2.05, 4.69) is 0 Å². The lowest BCUT2D eigenvalue weighted by Gasteiger charge is -2.38. The van der Waals surface area contributed by atoms with Gasteiger partial charge in [-0.1, -0.05) is 6.08 Å². The third kappa shape index (κ3) is 3.87. The van der Waals surface area contributed by atoms with Crippen molar-refractivity contribution in [3.8, 4) is 0 Å². The average Bonchev–Trinajstić information content (AvgIpc) is 2.38. The van der Waals surface area contributed by atoms with Gasteiger partial charge in [0.15, 0.2) is 0 Å². The Balaban J connectivity index is 2.97. The summed E-state index contributed by atoms with van der Waals surface area (Å²) in [4.78, 5) is 34.8. The van der Waals surface area contributed by atoms with E-state index in [4.69, 9.17) is 14.2 Å². The molecule has 0 saturated carbocycles. The number of rotatable bonds is 3. The molecule has 1 heterocycles. The summed E-state index contributed by atoms with van der Waals surface area (Å²) in [7, 11) is 0. The van der Waals surface area contributed by atoms with Crippen LogP contribution in [0.1, 0.15) is 20.8 Å². The van der Waals surface area contributed by atoms with E-state index in [1.54, 1.807) is 19.9 Å². The van der Waals surface area contributed by atoms with E-state index >= 15 is 0 Å². The average molecular weight is 286 g/mol. The second kappa shape index (κ2) is 7.37. The Morgan fingerprint density at radius 3 is 2.30 bits per heavy atom. The lowest BCUT2D eigenvalue weighted by Crippen LogP contribution is -2.57. The molecule has 0 saturated heterocycles. The predicted molar refractivity (Wildman–Crippen MR) is 67.3 cm³/mol. The number of hydrazine groups is 1. The maximum atomic E-state index is 11.9. The summed E-state index contributed by atoms with van der Waals surface area (Å²) in [5, 5.41) is 1.94. The van der Waals surface area contributed by atoms with Crippen LogP contribution in [0.5, 0.6) is 0 Å². The van der Waals surface area contributed by atoms with Gasteiger partial charge in [0.1, 0.15) is 0 Å². The molecule has 20 heavy (non-hydrogen) atoms. The zero-order chi connectivity index (χ0) is 15.1. The second-order valence-corrected chi connectivity index (χ2v) is 3.75. The fourth-order valence-electron chi connectivity index (χ4n) is 1.60. The van der Waals surface area contributed by atoms with Crippen molar-refractivity contribution >= 4 is 18.2 Å². The van der Waals surface area contributed by atoms with Crippen molar-refractivity contribution in [1.29, 1.82) is 0 Å². The van der Waals surface area contributed by atoms with Crippen molar-refractivity contribution in [3.05, 3.63) is 12.2 Å². The lowest BCUT2D eigenvalue weighted by molar-refractivity contribution is -0.163. The fraction of sp³-hybridized carbons (Fsp3) is 0.583. The number of nitrogens with zero attached hydrogens (tertiary/aromatic N) is 2. The molecule has 0 N–H and O–H groups in total. The van der Waals surface area contributed by atoms with Crippen molar-refractivity contribution < 1.29 is 28.6 Å². The normalized spacial score (nSPS) is 17.6. The van der Waals surface area contributed by atoms with E-state index in [0.717, 1.165) is 10.0 Å². The van der Waals surface area contributed by atoms with Crippen molar-refractivity contribution in [3.63, 3.8) is 0 Å². The predicted octanol–water partition coefficient (Wildman–Crippen LogP) is 1.28. The highest BCUT2D eigenvalue weighted by molar-refractivity contribution is 5.75. The fourth-order valence-corrected chi connectivity index (χ4v) is 1.60. The molecule has 1 aliphatic heterocycles. The summed E-state index contributed by atoms with van der Waals surface area (Å²) in [6, 6.07) is 0. The van der Waals surface area contributed by atoms with E-state index in [-0.39, 0.29) is 19.8 Å². The molecule has 0 aromatic rings. The largest absolute Gasteiger partial charge is 0.448 e. The molecule has 1 rings (SSSR count). The molecular formula is C12H18N2O6. The zero-order valence-corrected chi connectivity index (χ0v) is 11.7. The molecule has 0 aromatic carbocycles. The van der Waals surface area contributed by atoms with Gasteiger partial charge in [0, 0.05) is 6.92 Å². The number of hydrogen-bond donors (Lipinski definition) is 0. The SMILES string of the molecule is CCOC(=O)N1CC=CC(OC(C)=O)N1C(=O)OCC. The van der Waals surface area contributed by atoms with E-state index in [0.29, 0.717) is 0 Å². The minimum Gasteiger partial charge on any atom is -0.448 e. The molecule has 112 valence electrons. The van der Waals surface area contributed by atoms with E-state index < -0.39 is 24.4 Å². The van der Waals surface area contributed by atoms with Gasteiger partial charge >= 0.3 is 18.2 Å². The van der Waals surface area contributed by atoms with Gasteiger partial charge in [-0.25, -0.2) is 14.6 Å². The van der Waals surface area contributed by atoms with Gasteiger partial charge in [-0.2, -0.15) is 5.01 Å². The molecule has 1 atom stereocenters. The van der Waals surface area contributed by atoms with Gasteiger partial charge in [0.2, 0.25) is 6.23 Å². The summed E-state index contributed by atoms with van der Waals surface area (Å²) < 4.78 is 14.7. The first-order valence-electron chi connectivity index (χ1n) is 6.25. The van der Waals surface area contributed by atoms with Crippen LogP contribution in [0.3, 0.4) is 0 Å². The second-order valence-electron chi connectivity index (χ2n) is 3.75. The van der Waals surface area contributed by atoms with Gasteiger partial charge in [-0.05, 0) is 19.9 Å². The molecule has 8 heteroatoms. The number of carbonyl (C=O) groups is 3. The van der Waals surface area contributed by atoms with Gasteiger partial charge in [-0.15, -0.1) is 0 Å². The standard InChI is InChI=1S/C12H18N2O6/c1-4-18-11(16)13-8-6-7-10(20-9(3)15)14(13)12(17)19-5-2/h6-7,10H,4-5,8H2,1-3H3. The highest BCUT2D eigenvalue weighted by atomic mass is 16.6. The molecule has 0 radical (unpaired) electrons. The Morgan fingerprint density at radius 2 is 1.75 bits per heavy atom. The first-order valence-corrected chi connectivity index (χ1v) is 6.25. The Kier molecular flexibility index (Phi) is 5.82. The Morgan fingerprint density at radius 1 is 1.15 bits per heavy atom. The summed E-state index contributed by atoms with van der Waals surface area (Å²) >= 11 is 0. The van der Waals surface area contributed by atoms with E-state index in [1.165, 1.54) is 13.0 Å². The van der Waals surface area contributed by atoms with Crippen molar-refractivity contribution in [2.75, 3.05) is 19.8 Å². The summed E-state index contributed by atoms with van der Waals surface area (Å²) in [5.41, 5.74) is 0. The molecule has 0 aromatic heterocycles. The smallest absolute Gasteiger partial charge is 0.432 e. The van der Waals surface area contributed by atoms with Crippen LogP contribution in [0.25, 0.3) is 0 Å². The lowest BCUT2D eigenvalue weighted by atomic mass is 10.3. The zero-order valence-electron chi connectivity index (χ0n) is 11.7. The summed E-state index contributed by atoms with van der Waals surface area (Å²) in [5.74, 6) is -0.584. The topological polar surface area (TPSA) is 85.4 Å². The number of esters is 1. The molecule has 0 bridgehead atoms. The van der Waals surface area contributed by atoms with Crippen molar-refractivity contribution in [2.45, 2.75) is 27.0 Å².